The van der Waals surface area contributed by atoms with Crippen molar-refractivity contribution in [3.63, 3.8) is 0 Å². The summed E-state index contributed by atoms with van der Waals surface area (Å²) < 4.78 is 0. The molecule has 0 saturated heterocycles. The fourth-order valence-electron chi connectivity index (χ4n) is 2.51. The first-order valence-corrected chi connectivity index (χ1v) is 8.33. The Morgan fingerprint density at radius 1 is 0.962 bits per heavy atom. The molecule has 0 saturated carbocycles. The summed E-state index contributed by atoms with van der Waals surface area (Å²) in [6, 6.07) is 9.18. The van der Waals surface area contributed by atoms with Crippen LogP contribution in [-0.4, -0.2) is 38.9 Å². The average molecular weight is 348 g/mol. The van der Waals surface area contributed by atoms with Gasteiger partial charge in [0.1, 0.15) is 0 Å². The zero-order chi connectivity index (χ0) is 18.4. The van der Waals surface area contributed by atoms with Crippen LogP contribution in [0.2, 0.25) is 0 Å². The van der Waals surface area contributed by atoms with Crippen LogP contribution in [0.15, 0.2) is 48.9 Å². The van der Waals surface area contributed by atoms with E-state index in [2.05, 4.69) is 30.6 Å². The molecule has 3 aromatic heterocycles. The van der Waals surface area contributed by atoms with Gasteiger partial charge in [-0.3, -0.25) is 14.8 Å². The largest absolute Gasteiger partial charge is 0.352 e. The van der Waals surface area contributed by atoms with E-state index in [1.165, 1.54) is 0 Å². The monoisotopic (exact) mass is 348 g/mol. The summed E-state index contributed by atoms with van der Waals surface area (Å²) in [6.45, 7) is 4.90. The second-order valence-electron chi connectivity index (χ2n) is 5.77. The van der Waals surface area contributed by atoms with Gasteiger partial charge in [-0.05, 0) is 44.2 Å². The van der Waals surface area contributed by atoms with E-state index in [0.717, 1.165) is 22.6 Å². The van der Waals surface area contributed by atoms with Crippen molar-refractivity contribution < 1.29 is 4.79 Å². The fraction of sp³-hybridized carbons (Fsp3) is 0.211. The van der Waals surface area contributed by atoms with Gasteiger partial charge in [0, 0.05) is 54.2 Å². The SMILES string of the molecule is Cc1ccc(-c2ccnc(NCCNC(=O)c3ccncc3)n2)c(C)n1. The van der Waals surface area contributed by atoms with Gasteiger partial charge < -0.3 is 10.6 Å². The standard InChI is InChI=1S/C19H20N6O/c1-13-3-4-16(14(2)24-13)17-7-10-22-19(25-17)23-12-11-21-18(26)15-5-8-20-9-6-15/h3-10H,11-12H2,1-2H3,(H,21,26)(H,22,23,25). The highest BCUT2D eigenvalue weighted by Crippen LogP contribution is 2.20. The number of nitrogens with zero attached hydrogens (tertiary/aromatic N) is 4. The molecule has 0 atom stereocenters. The molecule has 1 amide bonds. The van der Waals surface area contributed by atoms with Crippen LogP contribution in [0.1, 0.15) is 21.7 Å². The van der Waals surface area contributed by atoms with E-state index in [1.54, 1.807) is 30.7 Å². The number of aromatic nitrogens is 4. The average Bonchev–Trinajstić information content (AvgIpc) is 2.66. The topological polar surface area (TPSA) is 92.7 Å². The van der Waals surface area contributed by atoms with Gasteiger partial charge in [-0.25, -0.2) is 9.97 Å². The number of rotatable bonds is 6. The van der Waals surface area contributed by atoms with Gasteiger partial charge in [0.15, 0.2) is 0 Å². The van der Waals surface area contributed by atoms with Crippen molar-refractivity contribution in [1.82, 2.24) is 25.3 Å². The van der Waals surface area contributed by atoms with E-state index in [-0.39, 0.29) is 5.91 Å². The summed E-state index contributed by atoms with van der Waals surface area (Å²) >= 11 is 0. The summed E-state index contributed by atoms with van der Waals surface area (Å²) in [7, 11) is 0. The molecule has 7 heteroatoms. The van der Waals surface area contributed by atoms with E-state index in [9.17, 15) is 4.79 Å². The molecule has 0 fully saturated rings. The molecule has 0 spiro atoms. The third kappa shape index (κ3) is 4.38. The molecule has 0 aliphatic heterocycles. The molecule has 0 radical (unpaired) electrons. The number of amides is 1. The van der Waals surface area contributed by atoms with Gasteiger partial charge in [-0.15, -0.1) is 0 Å². The fourth-order valence-corrected chi connectivity index (χ4v) is 2.51. The third-order valence-electron chi connectivity index (χ3n) is 3.79. The molecule has 3 heterocycles. The highest BCUT2D eigenvalue weighted by molar-refractivity contribution is 5.93. The Morgan fingerprint density at radius 2 is 1.77 bits per heavy atom. The van der Waals surface area contributed by atoms with E-state index in [0.29, 0.717) is 24.6 Å². The Hall–Kier alpha value is -3.35. The minimum absolute atomic E-state index is 0.134. The van der Waals surface area contributed by atoms with E-state index in [1.807, 2.05) is 32.0 Å². The number of pyridine rings is 2. The molecule has 3 aromatic rings. The molecule has 0 aromatic carbocycles. The van der Waals surface area contributed by atoms with Crippen LogP contribution < -0.4 is 10.6 Å². The number of carbonyl (C=O) groups is 1. The van der Waals surface area contributed by atoms with Crippen LogP contribution in [0, 0.1) is 13.8 Å². The smallest absolute Gasteiger partial charge is 0.251 e. The summed E-state index contributed by atoms with van der Waals surface area (Å²) in [5.41, 5.74) is 4.28. The van der Waals surface area contributed by atoms with Gasteiger partial charge >= 0.3 is 0 Å². The zero-order valence-electron chi connectivity index (χ0n) is 14.7. The lowest BCUT2D eigenvalue weighted by molar-refractivity contribution is 0.0955. The number of carbonyl (C=O) groups excluding carboxylic acids is 1. The first-order valence-electron chi connectivity index (χ1n) is 8.33. The predicted molar refractivity (Wildman–Crippen MR) is 99.8 cm³/mol. The van der Waals surface area contributed by atoms with E-state index in [4.69, 9.17) is 0 Å². The number of anilines is 1. The minimum Gasteiger partial charge on any atom is -0.352 e. The lowest BCUT2D eigenvalue weighted by Crippen LogP contribution is -2.29. The summed E-state index contributed by atoms with van der Waals surface area (Å²) in [6.07, 6.45) is 4.89. The van der Waals surface area contributed by atoms with Crippen LogP contribution in [0.5, 0.6) is 0 Å². The van der Waals surface area contributed by atoms with Crippen molar-refractivity contribution in [3.8, 4) is 11.3 Å². The molecular weight excluding hydrogens is 328 g/mol. The van der Waals surface area contributed by atoms with Crippen LogP contribution in [-0.2, 0) is 0 Å². The number of hydrogen-bond acceptors (Lipinski definition) is 6. The number of hydrogen-bond donors (Lipinski definition) is 2. The molecule has 3 rings (SSSR count). The summed E-state index contributed by atoms with van der Waals surface area (Å²) in [5.74, 6) is 0.380. The minimum atomic E-state index is -0.134. The van der Waals surface area contributed by atoms with Crippen molar-refractivity contribution in [2.24, 2.45) is 0 Å². The molecular formula is C19H20N6O. The normalized spacial score (nSPS) is 10.4. The lowest BCUT2D eigenvalue weighted by atomic mass is 10.1. The van der Waals surface area contributed by atoms with Crippen LogP contribution in [0.25, 0.3) is 11.3 Å². The van der Waals surface area contributed by atoms with Crippen molar-refractivity contribution >= 4 is 11.9 Å². The van der Waals surface area contributed by atoms with Crippen LogP contribution >= 0.6 is 0 Å². The molecule has 26 heavy (non-hydrogen) atoms. The first kappa shape index (κ1) is 17.5. The highest BCUT2D eigenvalue weighted by Gasteiger charge is 2.07. The summed E-state index contributed by atoms with van der Waals surface area (Å²) in [5, 5.41) is 5.96. The van der Waals surface area contributed by atoms with Gasteiger partial charge in [-0.1, -0.05) is 0 Å². The van der Waals surface area contributed by atoms with Gasteiger partial charge in [0.2, 0.25) is 5.95 Å². The highest BCUT2D eigenvalue weighted by atomic mass is 16.1. The molecule has 2 N–H and O–H groups in total. The third-order valence-corrected chi connectivity index (χ3v) is 3.79. The Morgan fingerprint density at radius 3 is 2.54 bits per heavy atom. The molecule has 0 aliphatic rings. The summed E-state index contributed by atoms with van der Waals surface area (Å²) in [4.78, 5) is 29.1. The second kappa shape index (κ2) is 8.15. The van der Waals surface area contributed by atoms with Gasteiger partial charge in [0.05, 0.1) is 5.69 Å². The maximum absolute atomic E-state index is 12.0. The van der Waals surface area contributed by atoms with Gasteiger partial charge in [0.25, 0.3) is 5.91 Å². The van der Waals surface area contributed by atoms with Crippen molar-refractivity contribution in [3.05, 3.63) is 65.9 Å². The predicted octanol–water partition coefficient (Wildman–Crippen LogP) is 2.39. The quantitative estimate of drug-likeness (QED) is 0.665. The molecule has 7 nitrogen and oxygen atoms in total. The Balaban J connectivity index is 1.57. The second-order valence-corrected chi connectivity index (χ2v) is 5.77. The molecule has 132 valence electrons. The first-order chi connectivity index (χ1) is 12.6. The van der Waals surface area contributed by atoms with E-state index < -0.39 is 0 Å². The van der Waals surface area contributed by atoms with Crippen molar-refractivity contribution in [2.75, 3.05) is 18.4 Å². The van der Waals surface area contributed by atoms with Crippen molar-refractivity contribution in [2.45, 2.75) is 13.8 Å². The Kier molecular flexibility index (Phi) is 5.48. The Labute approximate surface area is 152 Å². The van der Waals surface area contributed by atoms with Gasteiger partial charge in [-0.2, -0.15) is 0 Å². The maximum atomic E-state index is 12.0. The van der Waals surface area contributed by atoms with Crippen LogP contribution in [0.3, 0.4) is 0 Å². The molecule has 0 bridgehead atoms. The zero-order valence-corrected chi connectivity index (χ0v) is 14.7. The van der Waals surface area contributed by atoms with E-state index >= 15 is 0 Å². The maximum Gasteiger partial charge on any atom is 0.251 e. The van der Waals surface area contributed by atoms with Crippen LogP contribution in [0.4, 0.5) is 5.95 Å². The Bertz CT molecular complexity index is 898. The molecule has 0 aliphatic carbocycles. The van der Waals surface area contributed by atoms with Crippen molar-refractivity contribution in [1.29, 1.82) is 0 Å². The number of aryl methyl sites for hydroxylation is 2. The lowest BCUT2D eigenvalue weighted by Gasteiger charge is -2.09. The number of nitrogens with one attached hydrogen (secondary N) is 2. The molecule has 0 unspecified atom stereocenters.